The number of H-pyrrole nitrogens is 1. The van der Waals surface area contributed by atoms with Crippen LogP contribution in [0.2, 0.25) is 0 Å². The summed E-state index contributed by atoms with van der Waals surface area (Å²) in [4.78, 5) is 15.9. The lowest BCUT2D eigenvalue weighted by molar-refractivity contribution is 0.0958. The number of hydrogen-bond donors (Lipinski definition) is 2. The molecule has 9 heteroatoms. The van der Waals surface area contributed by atoms with Gasteiger partial charge in [0.05, 0.1) is 23.1 Å². The molecule has 0 atom stereocenters. The first kappa shape index (κ1) is 20.8. The summed E-state index contributed by atoms with van der Waals surface area (Å²) in [7, 11) is 0. The van der Waals surface area contributed by atoms with E-state index in [9.17, 15) is 4.79 Å². The zero-order valence-electron chi connectivity index (χ0n) is 16.9. The predicted molar refractivity (Wildman–Crippen MR) is 122 cm³/mol. The van der Waals surface area contributed by atoms with Crippen LogP contribution in [-0.4, -0.2) is 53.5 Å². The molecule has 1 aliphatic rings. The fourth-order valence-corrected chi connectivity index (χ4v) is 4.99. The van der Waals surface area contributed by atoms with Gasteiger partial charge in [-0.25, -0.2) is 0 Å². The normalized spacial score (nSPS) is 14.1. The Morgan fingerprint density at radius 2 is 2.07 bits per heavy atom. The summed E-state index contributed by atoms with van der Waals surface area (Å²) in [6.45, 7) is 6.37. The minimum atomic E-state index is -0.0612. The van der Waals surface area contributed by atoms with Crippen molar-refractivity contribution < 1.29 is 9.53 Å². The van der Waals surface area contributed by atoms with Gasteiger partial charge in [-0.05, 0) is 30.8 Å². The summed E-state index contributed by atoms with van der Waals surface area (Å²) < 4.78 is 8.05. The number of nitrogens with one attached hydrogen (secondary N) is 2. The summed E-state index contributed by atoms with van der Waals surface area (Å²) in [5.74, 6) is 0.793. The van der Waals surface area contributed by atoms with E-state index >= 15 is 0 Å². The van der Waals surface area contributed by atoms with Crippen molar-refractivity contribution in [1.29, 1.82) is 0 Å². The van der Waals surface area contributed by atoms with E-state index < -0.39 is 0 Å². The maximum atomic E-state index is 12.9. The molecule has 0 saturated carbocycles. The van der Waals surface area contributed by atoms with E-state index in [0.29, 0.717) is 35.8 Å². The molecule has 158 valence electrons. The number of rotatable bonds is 7. The molecule has 1 aliphatic heterocycles. The standard InChI is InChI=1S/C21H25N5O2S2/c1-2-26-18(23-24-21(26)29)8-9-22-19(27)17-14-16(15-6-4-3-5-7-15)20(30-17)25-10-12-28-13-11-25/h3-7,14H,2,8-13H2,1H3,(H,22,27)(H,24,29). The van der Waals surface area contributed by atoms with Gasteiger partial charge in [0.25, 0.3) is 5.91 Å². The quantitative estimate of drug-likeness (QED) is 0.547. The molecule has 4 rings (SSSR count). The monoisotopic (exact) mass is 443 g/mol. The van der Waals surface area contributed by atoms with Crippen molar-refractivity contribution in [2.75, 3.05) is 37.7 Å². The van der Waals surface area contributed by atoms with E-state index in [1.807, 2.05) is 35.8 Å². The Morgan fingerprint density at radius 1 is 1.30 bits per heavy atom. The van der Waals surface area contributed by atoms with Crippen molar-refractivity contribution in [1.82, 2.24) is 20.1 Å². The lowest BCUT2D eigenvalue weighted by Gasteiger charge is -2.28. The summed E-state index contributed by atoms with van der Waals surface area (Å²) in [5.41, 5.74) is 2.22. The number of anilines is 1. The molecule has 0 unspecified atom stereocenters. The Kier molecular flexibility index (Phi) is 6.61. The van der Waals surface area contributed by atoms with Crippen LogP contribution in [-0.2, 0) is 17.7 Å². The number of aromatic amines is 1. The number of carbonyl (C=O) groups is 1. The van der Waals surface area contributed by atoms with Gasteiger partial charge >= 0.3 is 0 Å². The van der Waals surface area contributed by atoms with Gasteiger partial charge in [0.15, 0.2) is 4.77 Å². The Morgan fingerprint density at radius 3 is 2.80 bits per heavy atom. The second-order valence-corrected chi connectivity index (χ2v) is 8.41. The summed E-state index contributed by atoms with van der Waals surface area (Å²) in [6.07, 6.45) is 0.625. The number of aromatic nitrogens is 3. The highest BCUT2D eigenvalue weighted by Crippen LogP contribution is 2.39. The van der Waals surface area contributed by atoms with Gasteiger partial charge in [0, 0.05) is 38.2 Å². The van der Waals surface area contributed by atoms with E-state index in [1.165, 1.54) is 0 Å². The third kappa shape index (κ3) is 4.48. The van der Waals surface area contributed by atoms with Gasteiger partial charge in [-0.3, -0.25) is 9.89 Å². The van der Waals surface area contributed by atoms with E-state index in [2.05, 4.69) is 32.5 Å². The Labute approximate surface area is 184 Å². The average Bonchev–Trinajstić information content (AvgIpc) is 3.39. The molecule has 3 aromatic rings. The van der Waals surface area contributed by atoms with Crippen LogP contribution in [0.4, 0.5) is 5.00 Å². The van der Waals surface area contributed by atoms with E-state index in [4.69, 9.17) is 17.0 Å². The van der Waals surface area contributed by atoms with Crippen LogP contribution in [0.1, 0.15) is 22.4 Å². The molecule has 0 spiro atoms. The van der Waals surface area contributed by atoms with Crippen molar-refractivity contribution in [3.05, 3.63) is 51.9 Å². The van der Waals surface area contributed by atoms with E-state index in [0.717, 1.165) is 41.6 Å². The van der Waals surface area contributed by atoms with E-state index in [1.54, 1.807) is 11.3 Å². The molecule has 3 heterocycles. The van der Waals surface area contributed by atoms with Crippen LogP contribution >= 0.6 is 23.6 Å². The topological polar surface area (TPSA) is 75.2 Å². The number of carbonyl (C=O) groups excluding carboxylic acids is 1. The van der Waals surface area contributed by atoms with E-state index in [-0.39, 0.29) is 5.91 Å². The minimum Gasteiger partial charge on any atom is -0.378 e. The molecule has 1 aromatic carbocycles. The lowest BCUT2D eigenvalue weighted by Crippen LogP contribution is -2.35. The van der Waals surface area contributed by atoms with Crippen LogP contribution in [0, 0.1) is 4.77 Å². The molecule has 7 nitrogen and oxygen atoms in total. The second-order valence-electron chi connectivity index (χ2n) is 6.99. The first-order chi connectivity index (χ1) is 14.7. The van der Waals surface area contributed by atoms with Crippen LogP contribution in [0.25, 0.3) is 11.1 Å². The Bertz CT molecular complexity index is 1050. The molecule has 2 aromatic heterocycles. The Balaban J connectivity index is 1.51. The summed E-state index contributed by atoms with van der Waals surface area (Å²) in [5, 5.41) is 11.2. The van der Waals surface area contributed by atoms with Gasteiger partial charge in [-0.1, -0.05) is 30.3 Å². The summed E-state index contributed by atoms with van der Waals surface area (Å²) >= 11 is 6.76. The zero-order chi connectivity index (χ0) is 20.9. The fourth-order valence-electron chi connectivity index (χ4n) is 3.56. The highest BCUT2D eigenvalue weighted by Gasteiger charge is 2.22. The first-order valence-electron chi connectivity index (χ1n) is 10.1. The number of morpholine rings is 1. The van der Waals surface area contributed by atoms with Crippen molar-refractivity contribution in [2.45, 2.75) is 19.9 Å². The van der Waals surface area contributed by atoms with Crippen LogP contribution in [0.5, 0.6) is 0 Å². The van der Waals surface area contributed by atoms with Crippen LogP contribution < -0.4 is 10.2 Å². The predicted octanol–water partition coefficient (Wildman–Crippen LogP) is 3.50. The smallest absolute Gasteiger partial charge is 0.261 e. The number of hydrogen-bond acceptors (Lipinski definition) is 6. The molecule has 2 N–H and O–H groups in total. The molecule has 30 heavy (non-hydrogen) atoms. The number of ether oxygens (including phenoxy) is 1. The average molecular weight is 444 g/mol. The molecule has 1 saturated heterocycles. The number of benzene rings is 1. The highest BCUT2D eigenvalue weighted by atomic mass is 32.1. The third-order valence-corrected chi connectivity index (χ3v) is 6.61. The van der Waals surface area contributed by atoms with Crippen LogP contribution in [0.3, 0.4) is 0 Å². The molecule has 1 fully saturated rings. The molecule has 0 aliphatic carbocycles. The molecule has 0 radical (unpaired) electrons. The fraction of sp³-hybridized carbons (Fsp3) is 0.381. The maximum Gasteiger partial charge on any atom is 0.261 e. The SMILES string of the molecule is CCn1c(CCNC(=O)c2cc(-c3ccccc3)c(N3CCOCC3)s2)n[nH]c1=S. The Hall–Kier alpha value is -2.49. The van der Waals surface area contributed by atoms with Gasteiger partial charge < -0.3 is 19.5 Å². The molecule has 0 bridgehead atoms. The second kappa shape index (κ2) is 9.55. The van der Waals surface area contributed by atoms with Gasteiger partial charge in [-0.2, -0.15) is 5.10 Å². The van der Waals surface area contributed by atoms with Crippen LogP contribution in [0.15, 0.2) is 36.4 Å². The van der Waals surface area contributed by atoms with Gasteiger partial charge in [0.1, 0.15) is 5.82 Å². The number of thiophene rings is 1. The zero-order valence-corrected chi connectivity index (χ0v) is 18.5. The van der Waals surface area contributed by atoms with Gasteiger partial charge in [-0.15, -0.1) is 11.3 Å². The molecular weight excluding hydrogens is 418 g/mol. The highest BCUT2D eigenvalue weighted by molar-refractivity contribution is 7.71. The van der Waals surface area contributed by atoms with Crippen molar-refractivity contribution in [3.63, 3.8) is 0 Å². The van der Waals surface area contributed by atoms with Crippen molar-refractivity contribution >= 4 is 34.5 Å². The van der Waals surface area contributed by atoms with Crippen molar-refractivity contribution in [3.8, 4) is 11.1 Å². The minimum absolute atomic E-state index is 0.0612. The third-order valence-electron chi connectivity index (χ3n) is 5.11. The maximum absolute atomic E-state index is 12.9. The number of nitrogens with zero attached hydrogens (tertiary/aromatic N) is 3. The first-order valence-corrected chi connectivity index (χ1v) is 11.3. The number of amides is 1. The largest absolute Gasteiger partial charge is 0.378 e. The lowest BCUT2D eigenvalue weighted by atomic mass is 10.1. The molecule has 1 amide bonds. The van der Waals surface area contributed by atoms with Gasteiger partial charge in [0.2, 0.25) is 0 Å². The summed E-state index contributed by atoms with van der Waals surface area (Å²) in [6, 6.07) is 12.2. The molecular formula is C21H25N5O2S2. The van der Waals surface area contributed by atoms with Crippen molar-refractivity contribution in [2.24, 2.45) is 0 Å².